The van der Waals surface area contributed by atoms with E-state index in [2.05, 4.69) is 0 Å². The second-order valence-electron chi connectivity index (χ2n) is 4.24. The predicted molar refractivity (Wildman–Crippen MR) is 68.3 cm³/mol. The lowest BCUT2D eigenvalue weighted by Crippen LogP contribution is -2.35. The summed E-state index contributed by atoms with van der Waals surface area (Å²) in [6, 6.07) is 5.99. The fraction of sp³-hybridized carbons (Fsp3) is 0.417. The van der Waals surface area contributed by atoms with Crippen LogP contribution >= 0.6 is 0 Å². The summed E-state index contributed by atoms with van der Waals surface area (Å²) in [5.74, 6) is 0.312. The molecule has 1 amide bonds. The van der Waals surface area contributed by atoms with Crippen molar-refractivity contribution in [1.29, 1.82) is 0 Å². The normalized spacial score (nSPS) is 12.9. The van der Waals surface area contributed by atoms with Crippen LogP contribution in [0.5, 0.6) is 5.75 Å². The molecule has 6 heteroatoms. The van der Waals surface area contributed by atoms with Gasteiger partial charge in [0.2, 0.25) is 0 Å². The molecule has 5 nitrogen and oxygen atoms in total. The fourth-order valence-electron chi connectivity index (χ4n) is 1.38. The minimum Gasteiger partial charge on any atom is -0.481 e. The Balaban J connectivity index is 2.79. The molecule has 0 saturated carbocycles. The summed E-state index contributed by atoms with van der Waals surface area (Å²) in [6.45, 7) is 1.65. The largest absolute Gasteiger partial charge is 0.481 e. The van der Waals surface area contributed by atoms with E-state index in [9.17, 15) is 13.2 Å². The van der Waals surface area contributed by atoms with E-state index >= 15 is 0 Å². The van der Waals surface area contributed by atoms with Gasteiger partial charge in [0, 0.05) is 20.4 Å². The lowest BCUT2D eigenvalue weighted by molar-refractivity contribution is -0.135. The van der Waals surface area contributed by atoms with Gasteiger partial charge in [-0.3, -0.25) is 4.79 Å². The third-order valence-corrected chi connectivity index (χ3v) is 3.48. The monoisotopic (exact) mass is 271 g/mol. The van der Waals surface area contributed by atoms with E-state index in [0.717, 1.165) is 6.26 Å². The lowest BCUT2D eigenvalue weighted by atomic mass is 10.3. The van der Waals surface area contributed by atoms with E-state index in [4.69, 9.17) is 4.74 Å². The van der Waals surface area contributed by atoms with Gasteiger partial charge in [0.15, 0.2) is 15.9 Å². The van der Waals surface area contributed by atoms with Crippen LogP contribution in [0.2, 0.25) is 0 Å². The zero-order chi connectivity index (χ0) is 13.9. The highest BCUT2D eigenvalue weighted by Gasteiger charge is 2.16. The fourth-order valence-corrected chi connectivity index (χ4v) is 2.01. The molecule has 0 radical (unpaired) electrons. The van der Waals surface area contributed by atoms with Crippen LogP contribution in [-0.2, 0) is 14.6 Å². The van der Waals surface area contributed by atoms with Gasteiger partial charge in [-0.25, -0.2) is 8.42 Å². The first-order valence-corrected chi connectivity index (χ1v) is 7.29. The number of ether oxygens (including phenoxy) is 1. The SMILES string of the molecule is C[C@@H](Oc1ccc(S(C)(=O)=O)cc1)C(=O)N(C)C. The molecule has 0 aliphatic carbocycles. The van der Waals surface area contributed by atoms with Gasteiger partial charge < -0.3 is 9.64 Å². The Morgan fingerprint density at radius 3 is 2.11 bits per heavy atom. The number of benzene rings is 1. The van der Waals surface area contributed by atoms with Crippen LogP contribution < -0.4 is 4.74 Å². The Morgan fingerprint density at radius 2 is 1.72 bits per heavy atom. The number of carbonyl (C=O) groups excluding carboxylic acids is 1. The third kappa shape index (κ3) is 3.73. The summed E-state index contributed by atoms with van der Waals surface area (Å²) >= 11 is 0. The topological polar surface area (TPSA) is 63.7 Å². The minimum atomic E-state index is -3.21. The standard InChI is InChI=1S/C12H17NO4S/c1-9(12(14)13(2)3)17-10-5-7-11(8-6-10)18(4,15)16/h5-9H,1-4H3/t9-/m1/s1. The Bertz CT molecular complexity index is 520. The summed E-state index contributed by atoms with van der Waals surface area (Å²) < 4.78 is 27.9. The molecular formula is C12H17NO4S. The molecule has 1 rings (SSSR count). The van der Waals surface area contributed by atoms with E-state index < -0.39 is 15.9 Å². The number of likely N-dealkylation sites (N-methyl/N-ethyl adjacent to an activating group) is 1. The molecule has 0 bridgehead atoms. The maximum atomic E-state index is 11.6. The summed E-state index contributed by atoms with van der Waals surface area (Å²) in [7, 11) is 0.0870. The summed E-state index contributed by atoms with van der Waals surface area (Å²) in [6.07, 6.45) is 0.533. The molecule has 1 atom stereocenters. The molecule has 1 aromatic carbocycles. The van der Waals surface area contributed by atoms with Crippen molar-refractivity contribution in [2.24, 2.45) is 0 Å². The Hall–Kier alpha value is -1.56. The van der Waals surface area contributed by atoms with Gasteiger partial charge in [0.05, 0.1) is 4.90 Å². The third-order valence-electron chi connectivity index (χ3n) is 2.35. The van der Waals surface area contributed by atoms with Crippen molar-refractivity contribution in [3.05, 3.63) is 24.3 Å². The number of hydrogen-bond acceptors (Lipinski definition) is 4. The molecule has 1 aromatic rings. The number of sulfone groups is 1. The molecule has 0 fully saturated rings. The van der Waals surface area contributed by atoms with Gasteiger partial charge in [0.1, 0.15) is 5.75 Å². The predicted octanol–water partition coefficient (Wildman–Crippen LogP) is 0.946. The van der Waals surface area contributed by atoms with Crippen molar-refractivity contribution in [2.75, 3.05) is 20.4 Å². The van der Waals surface area contributed by atoms with Crippen LogP contribution in [0, 0.1) is 0 Å². The van der Waals surface area contributed by atoms with Crippen molar-refractivity contribution >= 4 is 15.7 Å². The molecule has 0 saturated heterocycles. The molecule has 0 unspecified atom stereocenters. The van der Waals surface area contributed by atoms with E-state index in [-0.39, 0.29) is 10.8 Å². The average molecular weight is 271 g/mol. The van der Waals surface area contributed by atoms with Gasteiger partial charge in [-0.05, 0) is 31.2 Å². The first kappa shape index (κ1) is 14.5. The Morgan fingerprint density at radius 1 is 1.22 bits per heavy atom. The molecule has 0 aliphatic heterocycles. The van der Waals surface area contributed by atoms with E-state index in [1.165, 1.54) is 29.2 Å². The average Bonchev–Trinajstić information content (AvgIpc) is 2.27. The molecule has 0 aliphatic rings. The second kappa shape index (κ2) is 5.39. The van der Waals surface area contributed by atoms with Crippen LogP contribution in [0.3, 0.4) is 0 Å². The Kier molecular flexibility index (Phi) is 4.34. The number of amides is 1. The van der Waals surface area contributed by atoms with Crippen molar-refractivity contribution in [3.8, 4) is 5.75 Å². The van der Waals surface area contributed by atoms with Crippen molar-refractivity contribution in [1.82, 2.24) is 4.90 Å². The second-order valence-corrected chi connectivity index (χ2v) is 6.25. The van der Waals surface area contributed by atoms with Crippen molar-refractivity contribution in [2.45, 2.75) is 17.9 Å². The number of hydrogen-bond donors (Lipinski definition) is 0. The highest BCUT2D eigenvalue weighted by Crippen LogP contribution is 2.17. The molecule has 100 valence electrons. The first-order valence-electron chi connectivity index (χ1n) is 5.40. The van der Waals surface area contributed by atoms with Gasteiger partial charge in [-0.15, -0.1) is 0 Å². The minimum absolute atomic E-state index is 0.151. The van der Waals surface area contributed by atoms with Crippen LogP contribution in [0.1, 0.15) is 6.92 Å². The van der Waals surface area contributed by atoms with Crippen LogP contribution in [0.15, 0.2) is 29.2 Å². The zero-order valence-electron chi connectivity index (χ0n) is 10.9. The van der Waals surface area contributed by atoms with Crippen molar-refractivity contribution in [3.63, 3.8) is 0 Å². The first-order chi connectivity index (χ1) is 8.21. The van der Waals surface area contributed by atoms with Crippen LogP contribution in [-0.4, -0.2) is 45.7 Å². The summed E-state index contributed by atoms with van der Waals surface area (Å²) in [4.78, 5) is 13.2. The molecule has 18 heavy (non-hydrogen) atoms. The highest BCUT2D eigenvalue weighted by molar-refractivity contribution is 7.90. The highest BCUT2D eigenvalue weighted by atomic mass is 32.2. The Labute approximate surface area is 107 Å². The van der Waals surface area contributed by atoms with Gasteiger partial charge in [-0.1, -0.05) is 0 Å². The smallest absolute Gasteiger partial charge is 0.262 e. The number of rotatable bonds is 4. The van der Waals surface area contributed by atoms with Gasteiger partial charge in [-0.2, -0.15) is 0 Å². The molecular weight excluding hydrogens is 254 g/mol. The zero-order valence-corrected chi connectivity index (χ0v) is 11.7. The maximum Gasteiger partial charge on any atom is 0.262 e. The molecule has 0 N–H and O–H groups in total. The maximum absolute atomic E-state index is 11.6. The van der Waals surface area contributed by atoms with E-state index in [0.29, 0.717) is 5.75 Å². The van der Waals surface area contributed by atoms with Crippen LogP contribution in [0.25, 0.3) is 0 Å². The summed E-state index contributed by atoms with van der Waals surface area (Å²) in [5, 5.41) is 0. The van der Waals surface area contributed by atoms with E-state index in [1.807, 2.05) is 0 Å². The molecule has 0 heterocycles. The summed E-state index contributed by atoms with van der Waals surface area (Å²) in [5.41, 5.74) is 0. The van der Waals surface area contributed by atoms with Crippen molar-refractivity contribution < 1.29 is 17.9 Å². The van der Waals surface area contributed by atoms with Gasteiger partial charge >= 0.3 is 0 Å². The number of carbonyl (C=O) groups is 1. The molecule has 0 spiro atoms. The van der Waals surface area contributed by atoms with Crippen LogP contribution in [0.4, 0.5) is 0 Å². The molecule has 0 aromatic heterocycles. The van der Waals surface area contributed by atoms with E-state index in [1.54, 1.807) is 21.0 Å². The quantitative estimate of drug-likeness (QED) is 0.817. The van der Waals surface area contributed by atoms with Gasteiger partial charge in [0.25, 0.3) is 5.91 Å². The lowest BCUT2D eigenvalue weighted by Gasteiger charge is -2.18. The number of nitrogens with zero attached hydrogens (tertiary/aromatic N) is 1.